The Morgan fingerprint density at radius 2 is 1.87 bits per heavy atom. The number of hydrogen-bond acceptors (Lipinski definition) is 6. The molecule has 30 heavy (non-hydrogen) atoms. The number of benzene rings is 1. The van der Waals surface area contributed by atoms with Gasteiger partial charge in [0.25, 0.3) is 0 Å². The molecule has 1 saturated carbocycles. The predicted molar refractivity (Wildman–Crippen MR) is 112 cm³/mol. The Morgan fingerprint density at radius 1 is 1.07 bits per heavy atom. The fourth-order valence-electron chi connectivity index (χ4n) is 4.94. The van der Waals surface area contributed by atoms with Crippen LogP contribution in [0.2, 0.25) is 0 Å². The summed E-state index contributed by atoms with van der Waals surface area (Å²) in [5.74, 6) is 1.74. The molecule has 4 atom stereocenters. The highest BCUT2D eigenvalue weighted by Crippen LogP contribution is 2.40. The third-order valence-electron chi connectivity index (χ3n) is 6.43. The number of anilines is 1. The minimum Gasteiger partial charge on any atom is -0.486 e. The molecule has 7 heteroatoms. The highest BCUT2D eigenvalue weighted by molar-refractivity contribution is 5.89. The SMILES string of the molecule is Cc1ccc(O[C@@H]2C[C@@H]3CN(c4ncnc5cccc(F)c45)C[C@@H]3C[C@H]2O)c(C)n1. The van der Waals surface area contributed by atoms with Crippen LogP contribution < -0.4 is 9.64 Å². The first-order valence-electron chi connectivity index (χ1n) is 10.4. The van der Waals surface area contributed by atoms with Crippen LogP contribution in [0.3, 0.4) is 0 Å². The molecule has 0 spiro atoms. The second-order valence-corrected chi connectivity index (χ2v) is 8.49. The molecule has 0 unspecified atom stereocenters. The molecule has 0 radical (unpaired) electrons. The smallest absolute Gasteiger partial charge is 0.142 e. The second-order valence-electron chi connectivity index (χ2n) is 8.49. The second kappa shape index (κ2) is 7.47. The molecule has 2 fully saturated rings. The zero-order chi connectivity index (χ0) is 20.8. The van der Waals surface area contributed by atoms with Crippen molar-refractivity contribution in [2.24, 2.45) is 11.8 Å². The first kappa shape index (κ1) is 19.2. The number of halogens is 1. The van der Waals surface area contributed by atoms with Gasteiger partial charge in [-0.3, -0.25) is 4.98 Å². The van der Waals surface area contributed by atoms with Crippen LogP contribution in [0.4, 0.5) is 10.2 Å². The third-order valence-corrected chi connectivity index (χ3v) is 6.43. The van der Waals surface area contributed by atoms with E-state index in [1.165, 1.54) is 12.4 Å². The van der Waals surface area contributed by atoms with Crippen LogP contribution in [0.1, 0.15) is 24.2 Å². The van der Waals surface area contributed by atoms with E-state index in [4.69, 9.17) is 4.74 Å². The van der Waals surface area contributed by atoms with E-state index >= 15 is 0 Å². The average molecular weight is 408 g/mol. The van der Waals surface area contributed by atoms with Crippen molar-refractivity contribution in [1.82, 2.24) is 15.0 Å². The Morgan fingerprint density at radius 3 is 2.67 bits per heavy atom. The molecule has 6 nitrogen and oxygen atoms in total. The molecule has 1 aliphatic carbocycles. The first-order chi connectivity index (χ1) is 14.5. The fourth-order valence-corrected chi connectivity index (χ4v) is 4.94. The lowest BCUT2D eigenvalue weighted by Crippen LogP contribution is -2.42. The molecule has 0 bridgehead atoms. The number of aryl methyl sites for hydroxylation is 2. The number of aliphatic hydroxyl groups is 1. The van der Waals surface area contributed by atoms with Crippen LogP contribution in [-0.2, 0) is 0 Å². The minimum atomic E-state index is -0.536. The number of pyridine rings is 1. The highest BCUT2D eigenvalue weighted by atomic mass is 19.1. The summed E-state index contributed by atoms with van der Waals surface area (Å²) in [4.78, 5) is 15.2. The Hall–Kier alpha value is -2.80. The molecular formula is C23H25FN4O2. The average Bonchev–Trinajstić information content (AvgIpc) is 3.12. The van der Waals surface area contributed by atoms with Gasteiger partial charge in [0.2, 0.25) is 0 Å². The summed E-state index contributed by atoms with van der Waals surface area (Å²) >= 11 is 0. The number of aliphatic hydroxyl groups excluding tert-OH is 1. The number of rotatable bonds is 3. The fraction of sp³-hybridized carbons (Fsp3) is 0.435. The largest absolute Gasteiger partial charge is 0.486 e. The first-order valence-corrected chi connectivity index (χ1v) is 10.4. The lowest BCUT2D eigenvalue weighted by atomic mass is 9.78. The van der Waals surface area contributed by atoms with Gasteiger partial charge < -0.3 is 14.7 Å². The summed E-state index contributed by atoms with van der Waals surface area (Å²) in [6, 6.07) is 8.76. The van der Waals surface area contributed by atoms with Crippen molar-refractivity contribution in [3.8, 4) is 5.75 Å². The number of fused-ring (bicyclic) bond motifs is 2. The zero-order valence-corrected chi connectivity index (χ0v) is 17.1. The lowest BCUT2D eigenvalue weighted by molar-refractivity contribution is -0.0236. The van der Waals surface area contributed by atoms with Crippen molar-refractivity contribution in [3.63, 3.8) is 0 Å². The Kier molecular flexibility index (Phi) is 4.77. The van der Waals surface area contributed by atoms with Crippen LogP contribution in [0, 0.1) is 31.5 Å². The molecule has 1 aliphatic heterocycles. The van der Waals surface area contributed by atoms with Gasteiger partial charge in [-0.1, -0.05) is 6.07 Å². The normalized spacial score (nSPS) is 26.1. The molecule has 1 aromatic carbocycles. The van der Waals surface area contributed by atoms with Crippen LogP contribution in [0.25, 0.3) is 10.9 Å². The monoisotopic (exact) mass is 408 g/mol. The van der Waals surface area contributed by atoms with Crippen molar-refractivity contribution in [1.29, 1.82) is 0 Å². The van der Waals surface area contributed by atoms with Gasteiger partial charge in [0.05, 0.1) is 22.7 Å². The van der Waals surface area contributed by atoms with Gasteiger partial charge >= 0.3 is 0 Å². The van der Waals surface area contributed by atoms with Crippen molar-refractivity contribution in [2.45, 2.75) is 38.9 Å². The van der Waals surface area contributed by atoms with Crippen LogP contribution in [0.5, 0.6) is 5.75 Å². The molecule has 1 saturated heterocycles. The van der Waals surface area contributed by atoms with Crippen LogP contribution in [-0.4, -0.2) is 45.4 Å². The van der Waals surface area contributed by atoms with Gasteiger partial charge in [-0.15, -0.1) is 0 Å². The summed E-state index contributed by atoms with van der Waals surface area (Å²) in [5.41, 5.74) is 2.39. The molecule has 0 amide bonds. The van der Waals surface area contributed by atoms with E-state index in [1.54, 1.807) is 12.1 Å². The van der Waals surface area contributed by atoms with Crippen molar-refractivity contribution < 1.29 is 14.2 Å². The van der Waals surface area contributed by atoms with E-state index in [0.29, 0.717) is 35.0 Å². The van der Waals surface area contributed by atoms with Crippen LogP contribution in [0.15, 0.2) is 36.7 Å². The van der Waals surface area contributed by atoms with E-state index in [-0.39, 0.29) is 11.9 Å². The van der Waals surface area contributed by atoms with E-state index in [2.05, 4.69) is 19.9 Å². The molecular weight excluding hydrogens is 383 g/mol. The van der Waals surface area contributed by atoms with E-state index in [9.17, 15) is 9.50 Å². The molecule has 3 heterocycles. The van der Waals surface area contributed by atoms with E-state index in [0.717, 1.165) is 36.6 Å². The van der Waals surface area contributed by atoms with Gasteiger partial charge in [0.1, 0.15) is 29.8 Å². The van der Waals surface area contributed by atoms with Gasteiger partial charge in [-0.25, -0.2) is 14.4 Å². The third kappa shape index (κ3) is 3.37. The molecule has 5 rings (SSSR count). The van der Waals surface area contributed by atoms with Crippen molar-refractivity contribution >= 4 is 16.7 Å². The predicted octanol–water partition coefficient (Wildman–Crippen LogP) is 3.44. The Labute approximate surface area is 174 Å². The Bertz CT molecular complexity index is 1090. The van der Waals surface area contributed by atoms with Crippen molar-refractivity contribution in [3.05, 3.63) is 53.9 Å². The van der Waals surface area contributed by atoms with Gasteiger partial charge in [0, 0.05) is 18.8 Å². The molecule has 2 aliphatic rings. The number of aromatic nitrogens is 3. The van der Waals surface area contributed by atoms with Crippen molar-refractivity contribution in [2.75, 3.05) is 18.0 Å². The maximum atomic E-state index is 14.5. The topological polar surface area (TPSA) is 71.4 Å². The summed E-state index contributed by atoms with van der Waals surface area (Å²) < 4.78 is 20.7. The molecule has 2 aromatic heterocycles. The maximum absolute atomic E-state index is 14.5. The Balaban J connectivity index is 1.36. The number of nitrogens with zero attached hydrogens (tertiary/aromatic N) is 4. The minimum absolute atomic E-state index is 0.270. The quantitative estimate of drug-likeness (QED) is 0.716. The highest BCUT2D eigenvalue weighted by Gasteiger charge is 2.43. The van der Waals surface area contributed by atoms with Gasteiger partial charge in [-0.05, 0) is 62.8 Å². The molecule has 3 aromatic rings. The molecule has 1 N–H and O–H groups in total. The van der Waals surface area contributed by atoms with E-state index in [1.807, 2.05) is 26.0 Å². The summed E-state index contributed by atoms with van der Waals surface area (Å²) in [7, 11) is 0. The van der Waals surface area contributed by atoms with E-state index < -0.39 is 6.10 Å². The molecule has 156 valence electrons. The lowest BCUT2D eigenvalue weighted by Gasteiger charge is -2.35. The summed E-state index contributed by atoms with van der Waals surface area (Å²) in [5, 5.41) is 11.2. The summed E-state index contributed by atoms with van der Waals surface area (Å²) in [6.07, 6.45) is 2.10. The maximum Gasteiger partial charge on any atom is 0.142 e. The zero-order valence-electron chi connectivity index (χ0n) is 17.1. The van der Waals surface area contributed by atoms with Gasteiger partial charge in [0.15, 0.2) is 0 Å². The summed E-state index contributed by atoms with van der Waals surface area (Å²) in [6.45, 7) is 5.39. The number of hydrogen-bond donors (Lipinski definition) is 1. The standard InChI is InChI=1S/C23H25FN4O2/c1-13-6-7-20(14(2)27-13)30-21-9-16-11-28(10-15(16)8-19(21)29)23-22-17(24)4-3-5-18(22)25-12-26-23/h3-7,12,15-16,19,21,29H,8-11H2,1-2H3/t15-,16+,19+,21+/m0/s1. The van der Waals surface area contributed by atoms with Crippen LogP contribution >= 0.6 is 0 Å². The number of ether oxygens (including phenoxy) is 1. The van der Waals surface area contributed by atoms with Gasteiger partial charge in [-0.2, -0.15) is 0 Å².